The van der Waals surface area contributed by atoms with Crippen LogP contribution in [0.4, 0.5) is 0 Å². The lowest BCUT2D eigenvalue weighted by Gasteiger charge is -2.26. The van der Waals surface area contributed by atoms with Crippen molar-refractivity contribution in [3.05, 3.63) is 34.9 Å². The Bertz CT molecular complexity index is 510. The largest absolute Gasteiger partial charge is 0.374 e. The number of rotatable bonds is 4. The SMILES string of the molecule is COC(C)(C)c1cc(C(=O)NC(C)(C)C)cc(C(C)C)c1. The van der Waals surface area contributed by atoms with Crippen molar-refractivity contribution in [3.63, 3.8) is 0 Å². The number of benzene rings is 1. The lowest BCUT2D eigenvalue weighted by molar-refractivity contribution is 0.0191. The fraction of sp³-hybridized carbons (Fsp3) is 0.611. The van der Waals surface area contributed by atoms with Crippen LogP contribution >= 0.6 is 0 Å². The minimum absolute atomic E-state index is 0.0434. The smallest absolute Gasteiger partial charge is 0.251 e. The van der Waals surface area contributed by atoms with Gasteiger partial charge in [-0.25, -0.2) is 0 Å². The molecular formula is C18H29NO2. The molecule has 118 valence electrons. The summed E-state index contributed by atoms with van der Waals surface area (Å²) in [5, 5.41) is 3.02. The van der Waals surface area contributed by atoms with Gasteiger partial charge in [-0.3, -0.25) is 4.79 Å². The zero-order valence-corrected chi connectivity index (χ0v) is 14.6. The van der Waals surface area contributed by atoms with Gasteiger partial charge in [0, 0.05) is 18.2 Å². The number of ether oxygens (including phenoxy) is 1. The Morgan fingerprint density at radius 2 is 1.67 bits per heavy atom. The van der Waals surface area contributed by atoms with E-state index in [2.05, 4.69) is 25.2 Å². The molecule has 0 unspecified atom stereocenters. The van der Waals surface area contributed by atoms with E-state index in [0.29, 0.717) is 11.5 Å². The summed E-state index contributed by atoms with van der Waals surface area (Å²) in [7, 11) is 1.69. The molecule has 0 bridgehead atoms. The standard InChI is InChI=1S/C18H29NO2/c1-12(2)13-9-14(16(20)19-17(3,4)5)11-15(10-13)18(6,7)21-8/h9-12H,1-8H3,(H,19,20). The van der Waals surface area contributed by atoms with E-state index in [4.69, 9.17) is 4.74 Å². The molecular weight excluding hydrogens is 262 g/mol. The zero-order valence-electron chi connectivity index (χ0n) is 14.6. The summed E-state index contributed by atoms with van der Waals surface area (Å²) < 4.78 is 5.56. The Morgan fingerprint density at radius 1 is 1.10 bits per heavy atom. The number of methoxy groups -OCH3 is 1. The molecule has 0 saturated carbocycles. The van der Waals surface area contributed by atoms with Gasteiger partial charge in [-0.05, 0) is 63.8 Å². The number of carbonyl (C=O) groups excluding carboxylic acids is 1. The lowest BCUT2D eigenvalue weighted by atomic mass is 9.90. The van der Waals surface area contributed by atoms with Gasteiger partial charge in [0.25, 0.3) is 5.91 Å². The highest BCUT2D eigenvalue weighted by Crippen LogP contribution is 2.28. The van der Waals surface area contributed by atoms with E-state index >= 15 is 0 Å². The Morgan fingerprint density at radius 3 is 2.10 bits per heavy atom. The van der Waals surface area contributed by atoms with Gasteiger partial charge in [0.1, 0.15) is 0 Å². The van der Waals surface area contributed by atoms with E-state index in [-0.39, 0.29) is 11.4 Å². The third-order valence-electron chi connectivity index (χ3n) is 3.58. The van der Waals surface area contributed by atoms with Crippen LogP contribution in [0.1, 0.15) is 75.9 Å². The number of carbonyl (C=O) groups is 1. The zero-order chi connectivity index (χ0) is 16.4. The number of nitrogens with one attached hydrogen (secondary N) is 1. The van der Waals surface area contributed by atoms with Crippen molar-refractivity contribution in [2.24, 2.45) is 0 Å². The van der Waals surface area contributed by atoms with Gasteiger partial charge in [-0.2, -0.15) is 0 Å². The van der Waals surface area contributed by atoms with Crippen molar-refractivity contribution in [1.82, 2.24) is 5.32 Å². The van der Waals surface area contributed by atoms with Crippen LogP contribution in [-0.2, 0) is 10.3 Å². The first-order chi connectivity index (χ1) is 9.46. The molecule has 0 spiro atoms. The minimum Gasteiger partial charge on any atom is -0.374 e. The van der Waals surface area contributed by atoms with E-state index in [1.807, 2.05) is 46.8 Å². The molecule has 3 nitrogen and oxygen atoms in total. The highest BCUT2D eigenvalue weighted by Gasteiger charge is 2.23. The van der Waals surface area contributed by atoms with Gasteiger partial charge >= 0.3 is 0 Å². The molecule has 0 fully saturated rings. The topological polar surface area (TPSA) is 38.3 Å². The van der Waals surface area contributed by atoms with Crippen LogP contribution in [0, 0.1) is 0 Å². The summed E-state index contributed by atoms with van der Waals surface area (Å²) in [6.45, 7) is 14.2. The van der Waals surface area contributed by atoms with Crippen molar-refractivity contribution >= 4 is 5.91 Å². The molecule has 0 aromatic heterocycles. The molecule has 1 aromatic carbocycles. The van der Waals surface area contributed by atoms with Crippen molar-refractivity contribution in [1.29, 1.82) is 0 Å². The van der Waals surface area contributed by atoms with Gasteiger partial charge in [0.2, 0.25) is 0 Å². The highest BCUT2D eigenvalue weighted by molar-refractivity contribution is 5.95. The summed E-state index contributed by atoms with van der Waals surface area (Å²) in [4.78, 5) is 12.5. The van der Waals surface area contributed by atoms with Gasteiger partial charge in [0.05, 0.1) is 5.60 Å². The molecule has 0 atom stereocenters. The second-order valence-corrected chi connectivity index (χ2v) is 7.42. The van der Waals surface area contributed by atoms with Gasteiger partial charge in [-0.1, -0.05) is 19.9 Å². The van der Waals surface area contributed by atoms with Crippen molar-refractivity contribution in [3.8, 4) is 0 Å². The molecule has 0 radical (unpaired) electrons. The predicted octanol–water partition coefficient (Wildman–Crippen LogP) is 4.22. The molecule has 0 aliphatic rings. The van der Waals surface area contributed by atoms with Crippen LogP contribution < -0.4 is 5.32 Å². The molecule has 0 heterocycles. The second kappa shape index (κ2) is 6.18. The fourth-order valence-corrected chi connectivity index (χ4v) is 1.99. The highest BCUT2D eigenvalue weighted by atomic mass is 16.5. The molecule has 1 aromatic rings. The maximum absolute atomic E-state index is 12.5. The molecule has 0 aliphatic heterocycles. The molecule has 0 aliphatic carbocycles. The number of amides is 1. The third kappa shape index (κ3) is 4.85. The van der Waals surface area contributed by atoms with E-state index in [1.165, 1.54) is 0 Å². The summed E-state index contributed by atoms with van der Waals surface area (Å²) in [5.41, 5.74) is 2.20. The molecule has 1 N–H and O–H groups in total. The first kappa shape index (κ1) is 17.7. The minimum atomic E-state index is -0.415. The van der Waals surface area contributed by atoms with Gasteiger partial charge in [-0.15, -0.1) is 0 Å². The maximum atomic E-state index is 12.5. The Labute approximate surface area is 129 Å². The summed E-state index contributed by atoms with van der Waals surface area (Å²) in [6.07, 6.45) is 0. The number of hydrogen-bond donors (Lipinski definition) is 1. The van der Waals surface area contributed by atoms with Crippen LogP contribution in [0.2, 0.25) is 0 Å². The Balaban J connectivity index is 3.30. The van der Waals surface area contributed by atoms with Crippen LogP contribution in [0.25, 0.3) is 0 Å². The van der Waals surface area contributed by atoms with E-state index in [1.54, 1.807) is 7.11 Å². The quantitative estimate of drug-likeness (QED) is 0.902. The van der Waals surface area contributed by atoms with Crippen LogP contribution in [0.3, 0.4) is 0 Å². The fourth-order valence-electron chi connectivity index (χ4n) is 1.99. The van der Waals surface area contributed by atoms with E-state index < -0.39 is 5.60 Å². The lowest BCUT2D eigenvalue weighted by Crippen LogP contribution is -2.40. The maximum Gasteiger partial charge on any atom is 0.251 e. The Hall–Kier alpha value is -1.35. The molecule has 1 amide bonds. The van der Waals surface area contributed by atoms with E-state index in [0.717, 1.165) is 11.1 Å². The van der Waals surface area contributed by atoms with Crippen molar-refractivity contribution in [2.75, 3.05) is 7.11 Å². The van der Waals surface area contributed by atoms with E-state index in [9.17, 15) is 4.79 Å². The molecule has 0 saturated heterocycles. The van der Waals surface area contributed by atoms with Crippen LogP contribution in [0.5, 0.6) is 0 Å². The normalized spacial score (nSPS) is 12.6. The van der Waals surface area contributed by atoms with Gasteiger partial charge in [0.15, 0.2) is 0 Å². The summed E-state index contributed by atoms with van der Waals surface area (Å²) in [5.74, 6) is 0.317. The van der Waals surface area contributed by atoms with Crippen LogP contribution in [0.15, 0.2) is 18.2 Å². The summed E-state index contributed by atoms with van der Waals surface area (Å²) >= 11 is 0. The van der Waals surface area contributed by atoms with Crippen LogP contribution in [-0.4, -0.2) is 18.6 Å². The average molecular weight is 291 g/mol. The first-order valence-corrected chi connectivity index (χ1v) is 7.49. The monoisotopic (exact) mass is 291 g/mol. The summed E-state index contributed by atoms with van der Waals surface area (Å²) in [6, 6.07) is 6.03. The second-order valence-electron chi connectivity index (χ2n) is 7.42. The average Bonchev–Trinajstić information content (AvgIpc) is 2.36. The molecule has 1 rings (SSSR count). The molecule has 3 heteroatoms. The number of hydrogen-bond acceptors (Lipinski definition) is 2. The first-order valence-electron chi connectivity index (χ1n) is 7.49. The Kier molecular flexibility index (Phi) is 5.21. The third-order valence-corrected chi connectivity index (χ3v) is 3.58. The van der Waals surface area contributed by atoms with Crippen molar-refractivity contribution < 1.29 is 9.53 Å². The van der Waals surface area contributed by atoms with Gasteiger partial charge < -0.3 is 10.1 Å². The predicted molar refractivity (Wildman–Crippen MR) is 87.8 cm³/mol. The van der Waals surface area contributed by atoms with Crippen molar-refractivity contribution in [2.45, 2.75) is 65.5 Å². The molecule has 21 heavy (non-hydrogen) atoms.